The van der Waals surface area contributed by atoms with Gasteiger partial charge in [0.25, 0.3) is 5.91 Å². The van der Waals surface area contributed by atoms with E-state index in [1.165, 1.54) is 32.4 Å². The van der Waals surface area contributed by atoms with Crippen LogP contribution in [0.25, 0.3) is 11.1 Å². The number of rotatable bonds is 8. The Morgan fingerprint density at radius 2 is 1.81 bits per heavy atom. The van der Waals surface area contributed by atoms with Crippen molar-refractivity contribution in [3.63, 3.8) is 0 Å². The largest absolute Gasteiger partial charge is 0.481 e. The summed E-state index contributed by atoms with van der Waals surface area (Å²) in [6.45, 7) is 4.08. The molecule has 0 saturated carbocycles. The standard InChI is InChI=1S/C27H26N2O6S/c1-16(2)20-6-5-7-21(17-10-11-28-25(13-17)34-3)23(20)14-19(30)15-36(33)24-12-18(27(32)35-4)8-9-22(24)26(31)29-36/h5-13,16H,14-15H2,1-4H3. The molecule has 9 heteroatoms. The second kappa shape index (κ2) is 10.0. The number of Topliss-reactive ketones (excluding diaryl/α,β-unsaturated/α-hetero) is 1. The van der Waals surface area contributed by atoms with Crippen molar-refractivity contribution in [1.29, 1.82) is 0 Å². The SMILES string of the molecule is COC(=O)c1ccc2c(c1)S(=O)(CC(=O)Cc1c(-c3ccnc(OC)c3)cccc1C(C)C)=NC2=O. The molecule has 1 unspecified atom stereocenters. The molecule has 186 valence electrons. The highest BCUT2D eigenvalue weighted by molar-refractivity contribution is 7.95. The molecular weight excluding hydrogens is 480 g/mol. The van der Waals surface area contributed by atoms with Crippen LogP contribution < -0.4 is 4.74 Å². The Morgan fingerprint density at radius 1 is 1.03 bits per heavy atom. The van der Waals surface area contributed by atoms with Crippen LogP contribution >= 0.6 is 0 Å². The zero-order valence-corrected chi connectivity index (χ0v) is 21.3. The summed E-state index contributed by atoms with van der Waals surface area (Å²) >= 11 is 0. The summed E-state index contributed by atoms with van der Waals surface area (Å²) in [6, 6.07) is 13.6. The van der Waals surface area contributed by atoms with Crippen LogP contribution in [0.1, 0.15) is 51.6 Å². The van der Waals surface area contributed by atoms with Crippen molar-refractivity contribution in [2.45, 2.75) is 31.1 Å². The fraction of sp³-hybridized carbons (Fsp3) is 0.259. The molecule has 2 aromatic carbocycles. The highest BCUT2D eigenvalue weighted by Gasteiger charge is 2.32. The molecule has 0 aliphatic carbocycles. The highest BCUT2D eigenvalue weighted by Crippen LogP contribution is 2.33. The molecule has 1 aromatic heterocycles. The van der Waals surface area contributed by atoms with E-state index < -0.39 is 27.4 Å². The maximum atomic E-state index is 13.8. The van der Waals surface area contributed by atoms with Crippen molar-refractivity contribution in [3.05, 3.63) is 77.0 Å². The zero-order chi connectivity index (χ0) is 26.0. The first kappa shape index (κ1) is 25.2. The number of ketones is 1. The summed E-state index contributed by atoms with van der Waals surface area (Å²) in [5.74, 6) is -1.49. The van der Waals surface area contributed by atoms with Gasteiger partial charge in [-0.25, -0.2) is 14.0 Å². The maximum Gasteiger partial charge on any atom is 0.337 e. The summed E-state index contributed by atoms with van der Waals surface area (Å²) in [5, 5.41) is 0. The van der Waals surface area contributed by atoms with Crippen LogP contribution in [0.4, 0.5) is 0 Å². The Hall–Kier alpha value is -3.85. The van der Waals surface area contributed by atoms with E-state index in [0.717, 1.165) is 22.3 Å². The first-order valence-corrected chi connectivity index (χ1v) is 13.0. The van der Waals surface area contributed by atoms with Gasteiger partial charge in [-0.3, -0.25) is 9.59 Å². The van der Waals surface area contributed by atoms with Gasteiger partial charge in [0, 0.05) is 18.7 Å². The average molecular weight is 507 g/mol. The van der Waals surface area contributed by atoms with Gasteiger partial charge in [0.05, 0.1) is 45.7 Å². The smallest absolute Gasteiger partial charge is 0.337 e. The molecular formula is C27H26N2O6S. The van der Waals surface area contributed by atoms with Gasteiger partial charge in [-0.15, -0.1) is 0 Å². The zero-order valence-electron chi connectivity index (χ0n) is 20.4. The van der Waals surface area contributed by atoms with Crippen LogP contribution in [-0.2, 0) is 25.7 Å². The van der Waals surface area contributed by atoms with Crippen molar-refractivity contribution in [2.75, 3.05) is 20.0 Å². The Kier molecular flexibility index (Phi) is 7.03. The minimum Gasteiger partial charge on any atom is -0.481 e. The van der Waals surface area contributed by atoms with Crippen molar-refractivity contribution in [1.82, 2.24) is 4.98 Å². The summed E-state index contributed by atoms with van der Waals surface area (Å²) in [7, 11) is -0.614. The van der Waals surface area contributed by atoms with E-state index in [9.17, 15) is 18.6 Å². The van der Waals surface area contributed by atoms with Crippen LogP contribution in [0.15, 0.2) is 64.0 Å². The van der Waals surface area contributed by atoms with Gasteiger partial charge in [-0.05, 0) is 52.4 Å². The van der Waals surface area contributed by atoms with Crippen molar-refractivity contribution < 1.29 is 28.1 Å². The molecule has 36 heavy (non-hydrogen) atoms. The van der Waals surface area contributed by atoms with Gasteiger partial charge in [0.15, 0.2) is 5.78 Å². The van der Waals surface area contributed by atoms with E-state index in [2.05, 4.69) is 9.35 Å². The molecule has 0 spiro atoms. The molecule has 1 atom stereocenters. The number of esters is 1. The first-order chi connectivity index (χ1) is 17.2. The number of aromatic nitrogens is 1. The van der Waals surface area contributed by atoms with E-state index >= 15 is 0 Å². The first-order valence-electron chi connectivity index (χ1n) is 11.3. The third kappa shape index (κ3) is 4.79. The Balaban J connectivity index is 1.71. The van der Waals surface area contributed by atoms with Gasteiger partial charge in [0.2, 0.25) is 5.88 Å². The number of benzene rings is 2. The molecule has 1 aliphatic heterocycles. The second-order valence-corrected chi connectivity index (χ2v) is 10.9. The minimum absolute atomic E-state index is 0.00104. The Morgan fingerprint density at radius 3 is 2.50 bits per heavy atom. The van der Waals surface area contributed by atoms with Crippen LogP contribution in [0, 0.1) is 0 Å². The summed E-state index contributed by atoms with van der Waals surface area (Å²) in [6.07, 6.45) is 1.64. The number of carbonyl (C=O) groups excluding carboxylic acids is 3. The second-order valence-electron chi connectivity index (χ2n) is 8.71. The predicted molar refractivity (Wildman–Crippen MR) is 135 cm³/mol. The average Bonchev–Trinajstić information content (AvgIpc) is 3.12. The summed E-state index contributed by atoms with van der Waals surface area (Å²) in [5.41, 5.74) is 3.75. The normalized spacial score (nSPS) is 16.4. The molecule has 0 fully saturated rings. The van der Waals surface area contributed by atoms with E-state index in [4.69, 9.17) is 9.47 Å². The van der Waals surface area contributed by atoms with E-state index in [1.807, 2.05) is 38.1 Å². The van der Waals surface area contributed by atoms with Gasteiger partial charge >= 0.3 is 5.97 Å². The van der Waals surface area contributed by atoms with Crippen LogP contribution in [0.2, 0.25) is 0 Å². The number of amides is 1. The molecule has 1 aliphatic rings. The summed E-state index contributed by atoms with van der Waals surface area (Å²) < 4.78 is 27.6. The molecule has 0 N–H and O–H groups in total. The van der Waals surface area contributed by atoms with Crippen LogP contribution in [-0.4, -0.2) is 46.8 Å². The van der Waals surface area contributed by atoms with Crippen molar-refractivity contribution in [3.8, 4) is 17.0 Å². The third-order valence-electron chi connectivity index (χ3n) is 6.03. The molecule has 0 bridgehead atoms. The molecule has 0 saturated heterocycles. The topological polar surface area (TPSA) is 112 Å². The van der Waals surface area contributed by atoms with E-state index in [0.29, 0.717) is 5.88 Å². The monoisotopic (exact) mass is 506 g/mol. The minimum atomic E-state index is -3.38. The quantitative estimate of drug-likeness (QED) is 0.415. The maximum absolute atomic E-state index is 13.8. The fourth-order valence-electron chi connectivity index (χ4n) is 4.32. The van der Waals surface area contributed by atoms with Gasteiger partial charge in [0.1, 0.15) is 0 Å². The molecule has 1 amide bonds. The number of methoxy groups -OCH3 is 2. The number of pyridine rings is 1. The number of hydrogen-bond acceptors (Lipinski definition) is 7. The van der Waals surface area contributed by atoms with Crippen molar-refractivity contribution in [2.24, 2.45) is 4.36 Å². The Bertz CT molecular complexity index is 1500. The molecule has 4 rings (SSSR count). The van der Waals surface area contributed by atoms with Crippen LogP contribution in [0.5, 0.6) is 5.88 Å². The number of fused-ring (bicyclic) bond motifs is 1. The van der Waals surface area contributed by atoms with Gasteiger partial charge in [-0.1, -0.05) is 32.0 Å². The van der Waals surface area contributed by atoms with E-state index in [1.54, 1.807) is 12.3 Å². The lowest BCUT2D eigenvalue weighted by molar-refractivity contribution is -0.116. The fourth-order valence-corrected chi connectivity index (χ4v) is 6.35. The molecule has 3 aromatic rings. The highest BCUT2D eigenvalue weighted by atomic mass is 32.2. The van der Waals surface area contributed by atoms with Gasteiger partial charge < -0.3 is 9.47 Å². The van der Waals surface area contributed by atoms with Crippen LogP contribution in [0.3, 0.4) is 0 Å². The van der Waals surface area contributed by atoms with Crippen molar-refractivity contribution >= 4 is 27.4 Å². The third-order valence-corrected chi connectivity index (χ3v) is 8.23. The molecule has 8 nitrogen and oxygen atoms in total. The van der Waals surface area contributed by atoms with E-state index in [-0.39, 0.29) is 34.1 Å². The molecule has 2 heterocycles. The lowest BCUT2D eigenvalue weighted by Crippen LogP contribution is -2.18. The lowest BCUT2D eigenvalue weighted by Gasteiger charge is -2.18. The number of carbonyl (C=O) groups is 3. The number of ether oxygens (including phenoxy) is 2. The summed E-state index contributed by atoms with van der Waals surface area (Å²) in [4.78, 5) is 42.0. The predicted octanol–water partition coefficient (Wildman–Crippen LogP) is 4.46. The molecule has 0 radical (unpaired) electrons. The number of hydrogen-bond donors (Lipinski definition) is 0. The van der Waals surface area contributed by atoms with Gasteiger partial charge in [-0.2, -0.15) is 4.36 Å². The Labute approximate surface area is 209 Å². The lowest BCUT2D eigenvalue weighted by atomic mass is 9.88. The number of nitrogens with zero attached hydrogens (tertiary/aromatic N) is 2.